The molecular formula is C23H27BrClN3O2. The Hall–Kier alpha value is -1.40. The van der Waals surface area contributed by atoms with Crippen molar-refractivity contribution in [3.05, 3.63) is 35.2 Å². The number of carbonyl (C=O) groups excluding carboxylic acids is 1. The van der Waals surface area contributed by atoms with Gasteiger partial charge in [-0.2, -0.15) is 0 Å². The van der Waals surface area contributed by atoms with Crippen LogP contribution in [0.15, 0.2) is 28.7 Å². The number of aromatic nitrogens is 2. The average molecular weight is 493 g/mol. The second-order valence-corrected chi connectivity index (χ2v) is 11.7. The second-order valence-electron chi connectivity index (χ2n) is 9.60. The van der Waals surface area contributed by atoms with Crippen LogP contribution in [0.4, 0.5) is 0 Å². The molecule has 2 atom stereocenters. The fourth-order valence-electron chi connectivity index (χ4n) is 6.48. The fraction of sp³-hybridized carbons (Fsp3) is 0.609. The molecule has 0 N–H and O–H groups in total. The van der Waals surface area contributed by atoms with Crippen molar-refractivity contribution in [2.45, 2.75) is 62.7 Å². The number of alkyl halides is 1. The van der Waals surface area contributed by atoms with Crippen LogP contribution in [-0.4, -0.2) is 31.9 Å². The van der Waals surface area contributed by atoms with Crippen molar-refractivity contribution in [2.24, 2.45) is 17.3 Å². The minimum absolute atomic E-state index is 0.159. The first-order valence-corrected chi connectivity index (χ1v) is 12.1. The Morgan fingerprint density at radius 2 is 1.97 bits per heavy atom. The SMILES string of the molecule is CCCN(Cc1nnc(-c2ccccc2Cl)o1)C(=O)C12CC3CC(CC(Br)(C3)C1)C2. The number of rotatable bonds is 6. The maximum Gasteiger partial charge on any atom is 0.249 e. The van der Waals surface area contributed by atoms with Gasteiger partial charge >= 0.3 is 0 Å². The molecule has 4 fully saturated rings. The Balaban J connectivity index is 1.38. The van der Waals surface area contributed by atoms with E-state index in [2.05, 4.69) is 33.1 Å². The molecule has 30 heavy (non-hydrogen) atoms. The Morgan fingerprint density at radius 3 is 2.63 bits per heavy atom. The van der Waals surface area contributed by atoms with Gasteiger partial charge < -0.3 is 9.32 Å². The highest BCUT2D eigenvalue weighted by molar-refractivity contribution is 9.10. The summed E-state index contributed by atoms with van der Waals surface area (Å²) >= 11 is 10.3. The summed E-state index contributed by atoms with van der Waals surface area (Å²) in [4.78, 5) is 15.8. The van der Waals surface area contributed by atoms with Gasteiger partial charge in [-0.25, -0.2) is 0 Å². The van der Waals surface area contributed by atoms with Gasteiger partial charge in [0, 0.05) is 10.9 Å². The lowest BCUT2D eigenvalue weighted by atomic mass is 9.49. The first-order valence-electron chi connectivity index (χ1n) is 11.0. The van der Waals surface area contributed by atoms with Crippen LogP contribution in [-0.2, 0) is 11.3 Å². The number of hydrogen-bond acceptors (Lipinski definition) is 4. The molecule has 4 saturated carbocycles. The quantitative estimate of drug-likeness (QED) is 0.474. The van der Waals surface area contributed by atoms with Gasteiger partial charge in [-0.15, -0.1) is 10.2 Å². The molecule has 1 aromatic carbocycles. The summed E-state index contributed by atoms with van der Waals surface area (Å²) in [5, 5.41) is 8.97. The van der Waals surface area contributed by atoms with Crippen molar-refractivity contribution >= 4 is 33.4 Å². The third kappa shape index (κ3) is 3.60. The van der Waals surface area contributed by atoms with Crippen LogP contribution in [0.1, 0.15) is 57.8 Å². The molecule has 0 saturated heterocycles. The maximum atomic E-state index is 13.9. The highest BCUT2D eigenvalue weighted by Gasteiger charge is 2.60. The van der Waals surface area contributed by atoms with Crippen molar-refractivity contribution in [2.75, 3.05) is 6.54 Å². The predicted molar refractivity (Wildman–Crippen MR) is 119 cm³/mol. The molecule has 4 bridgehead atoms. The summed E-state index contributed by atoms with van der Waals surface area (Å²) in [6.07, 6.45) is 7.66. The van der Waals surface area contributed by atoms with Gasteiger partial charge in [0.2, 0.25) is 17.7 Å². The number of halogens is 2. The van der Waals surface area contributed by atoms with E-state index in [0.29, 0.717) is 47.3 Å². The largest absolute Gasteiger partial charge is 0.419 e. The fourth-order valence-corrected chi connectivity index (χ4v) is 8.15. The molecule has 6 rings (SSSR count). The molecule has 0 spiro atoms. The summed E-state index contributed by atoms with van der Waals surface area (Å²) in [7, 11) is 0. The number of hydrogen-bond donors (Lipinski definition) is 0. The highest BCUT2D eigenvalue weighted by Crippen LogP contribution is 2.64. The molecule has 7 heteroatoms. The average Bonchev–Trinajstić information content (AvgIpc) is 3.14. The van der Waals surface area contributed by atoms with Crippen LogP contribution >= 0.6 is 27.5 Å². The van der Waals surface area contributed by atoms with Gasteiger partial charge in [0.15, 0.2) is 0 Å². The Kier molecular flexibility index (Phi) is 5.21. The third-order valence-electron chi connectivity index (χ3n) is 7.12. The molecule has 2 aromatic rings. The van der Waals surface area contributed by atoms with Crippen LogP contribution in [0.5, 0.6) is 0 Å². The monoisotopic (exact) mass is 491 g/mol. The molecule has 4 aliphatic carbocycles. The van der Waals surface area contributed by atoms with Crippen molar-refractivity contribution in [3.8, 4) is 11.5 Å². The van der Waals surface area contributed by atoms with Crippen molar-refractivity contribution in [1.82, 2.24) is 15.1 Å². The zero-order chi connectivity index (χ0) is 20.9. The molecule has 5 nitrogen and oxygen atoms in total. The summed E-state index contributed by atoms with van der Waals surface area (Å²) in [6, 6.07) is 7.42. The van der Waals surface area contributed by atoms with Crippen molar-refractivity contribution in [1.29, 1.82) is 0 Å². The number of carbonyl (C=O) groups is 1. The second kappa shape index (κ2) is 7.63. The van der Waals surface area contributed by atoms with Gasteiger partial charge in [0.1, 0.15) is 0 Å². The zero-order valence-corrected chi connectivity index (χ0v) is 19.6. The van der Waals surface area contributed by atoms with E-state index in [0.717, 1.165) is 25.7 Å². The minimum atomic E-state index is -0.228. The standard InChI is InChI=1S/C23H27BrClN3O2/c1-2-7-28(13-19-26-27-20(30-19)17-5-3-4-6-18(17)25)21(29)22-9-15-8-16(10-22)12-23(24,11-15)14-22/h3-6,15-16H,2,7-14H2,1H3. The Labute approximate surface area is 190 Å². The molecule has 4 aliphatic rings. The summed E-state index contributed by atoms with van der Waals surface area (Å²) < 4.78 is 6.07. The maximum absolute atomic E-state index is 13.9. The van der Waals surface area contributed by atoms with Gasteiger partial charge in [0.05, 0.1) is 22.5 Å². The first-order chi connectivity index (χ1) is 14.4. The first kappa shape index (κ1) is 20.5. The molecule has 1 aromatic heterocycles. The topological polar surface area (TPSA) is 59.2 Å². The molecule has 1 heterocycles. The molecular weight excluding hydrogens is 466 g/mol. The van der Waals surface area contributed by atoms with E-state index in [1.807, 2.05) is 23.1 Å². The lowest BCUT2D eigenvalue weighted by Gasteiger charge is -2.60. The third-order valence-corrected chi connectivity index (χ3v) is 8.38. The normalized spacial score (nSPS) is 31.8. The van der Waals surface area contributed by atoms with E-state index < -0.39 is 0 Å². The van der Waals surface area contributed by atoms with E-state index in [-0.39, 0.29) is 15.6 Å². The molecule has 0 radical (unpaired) electrons. The van der Waals surface area contributed by atoms with E-state index in [1.165, 1.54) is 19.3 Å². The number of nitrogens with zero attached hydrogens (tertiary/aromatic N) is 3. The number of amides is 1. The molecule has 160 valence electrons. The number of benzene rings is 1. The minimum Gasteiger partial charge on any atom is -0.419 e. The van der Waals surface area contributed by atoms with Crippen LogP contribution in [0, 0.1) is 17.3 Å². The highest BCUT2D eigenvalue weighted by atomic mass is 79.9. The zero-order valence-electron chi connectivity index (χ0n) is 17.2. The molecule has 2 unspecified atom stereocenters. The summed E-state index contributed by atoms with van der Waals surface area (Å²) in [5.74, 6) is 2.49. The van der Waals surface area contributed by atoms with E-state index >= 15 is 0 Å². The smallest absolute Gasteiger partial charge is 0.249 e. The van der Waals surface area contributed by atoms with Crippen molar-refractivity contribution in [3.63, 3.8) is 0 Å². The molecule has 1 amide bonds. The van der Waals surface area contributed by atoms with Gasteiger partial charge in [0.25, 0.3) is 0 Å². The van der Waals surface area contributed by atoms with Crippen LogP contribution in [0.2, 0.25) is 5.02 Å². The van der Waals surface area contributed by atoms with Crippen LogP contribution < -0.4 is 0 Å². The lowest BCUT2D eigenvalue weighted by Crippen LogP contribution is -2.58. The predicted octanol–water partition coefficient (Wildman–Crippen LogP) is 5.86. The molecule has 0 aliphatic heterocycles. The van der Waals surface area contributed by atoms with E-state index in [9.17, 15) is 4.79 Å². The van der Waals surface area contributed by atoms with E-state index in [4.69, 9.17) is 16.0 Å². The van der Waals surface area contributed by atoms with E-state index in [1.54, 1.807) is 6.07 Å². The van der Waals surface area contributed by atoms with Gasteiger partial charge in [-0.1, -0.05) is 46.6 Å². The summed E-state index contributed by atoms with van der Waals surface area (Å²) in [6.45, 7) is 3.17. The van der Waals surface area contributed by atoms with Crippen LogP contribution in [0.25, 0.3) is 11.5 Å². The summed E-state index contributed by atoms with van der Waals surface area (Å²) in [5.41, 5.74) is 0.488. The van der Waals surface area contributed by atoms with Crippen molar-refractivity contribution < 1.29 is 9.21 Å². The van der Waals surface area contributed by atoms with Gasteiger partial charge in [-0.3, -0.25) is 4.79 Å². The lowest BCUT2D eigenvalue weighted by molar-refractivity contribution is -0.156. The Morgan fingerprint density at radius 1 is 1.23 bits per heavy atom. The van der Waals surface area contributed by atoms with Crippen LogP contribution in [0.3, 0.4) is 0 Å². The Bertz CT molecular complexity index is 947. The van der Waals surface area contributed by atoms with Gasteiger partial charge in [-0.05, 0) is 68.9 Å².